The van der Waals surface area contributed by atoms with Crippen LogP contribution in [0.1, 0.15) is 43.0 Å². The smallest absolute Gasteiger partial charge is 0.241 e. The number of nitrogens with zero attached hydrogens (tertiary/aromatic N) is 5. The van der Waals surface area contributed by atoms with Crippen LogP contribution in [-0.4, -0.2) is 76.6 Å². The van der Waals surface area contributed by atoms with Crippen molar-refractivity contribution in [3.05, 3.63) is 48.0 Å². The third-order valence-electron chi connectivity index (χ3n) is 6.56. The minimum absolute atomic E-state index is 0. The lowest BCUT2D eigenvalue weighted by atomic mass is 9.90. The van der Waals surface area contributed by atoms with Crippen LogP contribution >= 0.6 is 24.0 Å². The number of hydrogen-bond acceptors (Lipinski definition) is 4. The number of nitrogens with one attached hydrogen (secondary N) is 2. The van der Waals surface area contributed by atoms with Crippen molar-refractivity contribution < 1.29 is 4.79 Å². The molecule has 8 nitrogen and oxygen atoms in total. The summed E-state index contributed by atoms with van der Waals surface area (Å²) in [5.41, 5.74) is 1.39. The van der Waals surface area contributed by atoms with Gasteiger partial charge in [0.25, 0.3) is 0 Å². The van der Waals surface area contributed by atoms with E-state index in [1.54, 1.807) is 13.4 Å². The van der Waals surface area contributed by atoms with Gasteiger partial charge in [-0.3, -0.25) is 14.9 Å². The minimum atomic E-state index is 0. The van der Waals surface area contributed by atoms with Crippen LogP contribution in [0.4, 0.5) is 0 Å². The van der Waals surface area contributed by atoms with Crippen molar-refractivity contribution in [2.24, 2.45) is 10.9 Å². The first-order valence-corrected chi connectivity index (χ1v) is 11.4. The van der Waals surface area contributed by atoms with Gasteiger partial charge in [-0.2, -0.15) is 5.10 Å². The number of carbonyl (C=O) groups is 1. The van der Waals surface area contributed by atoms with Crippen LogP contribution < -0.4 is 5.32 Å². The molecular weight excluding hydrogens is 517 g/mol. The van der Waals surface area contributed by atoms with Crippen molar-refractivity contribution >= 4 is 35.8 Å². The molecule has 174 valence electrons. The number of rotatable bonds is 5. The standard InChI is InChI=1S/C23H33N7O.HI/c1-24-23(30-13-9-20(10-14-30)22-26-17-27-28-22)25-16-21(31)29-11-7-19(8-12-29)15-18-5-3-2-4-6-18;/h2-6,17,19-20H,7-16H2,1H3,(H,24,25)(H,26,27,28);1H. The van der Waals surface area contributed by atoms with Crippen LogP contribution in [0.3, 0.4) is 0 Å². The van der Waals surface area contributed by atoms with E-state index in [-0.39, 0.29) is 29.9 Å². The number of aromatic amines is 1. The summed E-state index contributed by atoms with van der Waals surface area (Å²) in [5.74, 6) is 3.01. The highest BCUT2D eigenvalue weighted by Crippen LogP contribution is 2.25. The third kappa shape index (κ3) is 6.43. The number of benzene rings is 1. The molecule has 2 N–H and O–H groups in total. The second-order valence-corrected chi connectivity index (χ2v) is 8.55. The van der Waals surface area contributed by atoms with E-state index in [4.69, 9.17) is 0 Å². The molecule has 0 atom stereocenters. The van der Waals surface area contributed by atoms with Crippen LogP contribution in [0.2, 0.25) is 0 Å². The summed E-state index contributed by atoms with van der Waals surface area (Å²) in [5, 5.41) is 10.2. The fourth-order valence-electron chi connectivity index (χ4n) is 4.71. The number of guanidine groups is 1. The van der Waals surface area contributed by atoms with Gasteiger partial charge >= 0.3 is 0 Å². The average molecular weight is 551 g/mol. The Morgan fingerprint density at radius 3 is 2.41 bits per heavy atom. The maximum absolute atomic E-state index is 12.7. The maximum atomic E-state index is 12.7. The number of H-pyrrole nitrogens is 1. The summed E-state index contributed by atoms with van der Waals surface area (Å²) in [6, 6.07) is 10.7. The van der Waals surface area contributed by atoms with E-state index in [2.05, 4.69) is 60.7 Å². The fraction of sp³-hybridized carbons (Fsp3) is 0.565. The maximum Gasteiger partial charge on any atom is 0.241 e. The highest BCUT2D eigenvalue weighted by Gasteiger charge is 2.26. The molecule has 3 heterocycles. The van der Waals surface area contributed by atoms with Gasteiger partial charge in [0.1, 0.15) is 12.2 Å². The first kappa shape index (κ1) is 24.5. The van der Waals surface area contributed by atoms with Gasteiger partial charge in [-0.25, -0.2) is 4.98 Å². The van der Waals surface area contributed by atoms with Gasteiger partial charge in [-0.1, -0.05) is 30.3 Å². The monoisotopic (exact) mass is 551 g/mol. The van der Waals surface area contributed by atoms with Crippen molar-refractivity contribution in [1.29, 1.82) is 0 Å². The number of piperidine rings is 2. The highest BCUT2D eigenvalue weighted by molar-refractivity contribution is 14.0. The highest BCUT2D eigenvalue weighted by atomic mass is 127. The van der Waals surface area contributed by atoms with Crippen LogP contribution in [0.15, 0.2) is 41.7 Å². The van der Waals surface area contributed by atoms with Gasteiger partial charge in [0.15, 0.2) is 5.96 Å². The normalized spacial score (nSPS) is 18.3. The predicted molar refractivity (Wildman–Crippen MR) is 136 cm³/mol. The molecule has 2 aliphatic heterocycles. The number of aliphatic imine (C=N–C) groups is 1. The zero-order chi connectivity index (χ0) is 21.5. The Morgan fingerprint density at radius 2 is 1.78 bits per heavy atom. The van der Waals surface area contributed by atoms with E-state index in [1.807, 2.05) is 4.90 Å². The minimum Gasteiger partial charge on any atom is -0.347 e. The van der Waals surface area contributed by atoms with Crippen LogP contribution in [0, 0.1) is 5.92 Å². The molecule has 4 rings (SSSR count). The molecule has 0 radical (unpaired) electrons. The molecule has 0 bridgehead atoms. The van der Waals surface area contributed by atoms with Gasteiger partial charge in [0.05, 0.1) is 6.54 Å². The van der Waals surface area contributed by atoms with Crippen LogP contribution in [-0.2, 0) is 11.2 Å². The lowest BCUT2D eigenvalue weighted by Gasteiger charge is -2.34. The Kier molecular flexibility index (Phi) is 9.31. The summed E-state index contributed by atoms with van der Waals surface area (Å²) in [4.78, 5) is 25.7. The summed E-state index contributed by atoms with van der Waals surface area (Å²) in [6.45, 7) is 3.78. The number of likely N-dealkylation sites (tertiary alicyclic amines) is 2. The SMILES string of the molecule is CN=C(NCC(=O)N1CCC(Cc2ccccc2)CC1)N1CCC(c2ncn[nH]2)CC1.I. The molecule has 0 spiro atoms. The molecule has 1 aromatic heterocycles. The second-order valence-electron chi connectivity index (χ2n) is 8.55. The lowest BCUT2D eigenvalue weighted by Crippen LogP contribution is -2.49. The Balaban J connectivity index is 0.00000289. The molecule has 2 fully saturated rings. The average Bonchev–Trinajstić information content (AvgIpc) is 3.36. The van der Waals surface area contributed by atoms with E-state index in [9.17, 15) is 4.79 Å². The van der Waals surface area contributed by atoms with Crippen molar-refractivity contribution in [1.82, 2.24) is 30.3 Å². The van der Waals surface area contributed by atoms with Gasteiger partial charge < -0.3 is 15.1 Å². The quantitative estimate of drug-likeness (QED) is 0.339. The van der Waals surface area contributed by atoms with E-state index in [1.165, 1.54) is 5.56 Å². The third-order valence-corrected chi connectivity index (χ3v) is 6.56. The van der Waals surface area contributed by atoms with E-state index in [0.29, 0.717) is 18.4 Å². The topological polar surface area (TPSA) is 89.5 Å². The summed E-state index contributed by atoms with van der Waals surface area (Å²) < 4.78 is 0. The largest absolute Gasteiger partial charge is 0.347 e. The first-order chi connectivity index (χ1) is 15.2. The zero-order valence-corrected chi connectivity index (χ0v) is 21.1. The Hall–Kier alpha value is -2.17. The summed E-state index contributed by atoms with van der Waals surface area (Å²) in [6.07, 6.45) is 6.82. The Labute approximate surface area is 207 Å². The number of carbonyl (C=O) groups excluding carboxylic acids is 1. The molecular formula is C23H34IN7O. The van der Waals surface area contributed by atoms with Crippen molar-refractivity contribution in [3.63, 3.8) is 0 Å². The lowest BCUT2D eigenvalue weighted by molar-refractivity contribution is -0.131. The Bertz CT molecular complexity index is 842. The van der Waals surface area contributed by atoms with E-state index < -0.39 is 0 Å². The van der Waals surface area contributed by atoms with E-state index >= 15 is 0 Å². The molecule has 1 aromatic carbocycles. The fourth-order valence-corrected chi connectivity index (χ4v) is 4.71. The molecule has 9 heteroatoms. The Morgan fingerprint density at radius 1 is 1.09 bits per heavy atom. The van der Waals surface area contributed by atoms with E-state index in [0.717, 1.165) is 70.1 Å². The summed E-state index contributed by atoms with van der Waals surface area (Å²) >= 11 is 0. The molecule has 2 aromatic rings. The molecule has 2 saturated heterocycles. The number of amides is 1. The number of halogens is 1. The summed E-state index contributed by atoms with van der Waals surface area (Å²) in [7, 11) is 1.78. The second kappa shape index (κ2) is 12.2. The molecule has 2 aliphatic rings. The van der Waals surface area contributed by atoms with Crippen LogP contribution in [0.25, 0.3) is 0 Å². The van der Waals surface area contributed by atoms with Crippen molar-refractivity contribution in [3.8, 4) is 0 Å². The van der Waals surface area contributed by atoms with Crippen molar-refractivity contribution in [2.45, 2.75) is 38.0 Å². The number of hydrogen-bond donors (Lipinski definition) is 2. The van der Waals surface area contributed by atoms with Crippen LogP contribution in [0.5, 0.6) is 0 Å². The molecule has 32 heavy (non-hydrogen) atoms. The van der Waals surface area contributed by atoms with Crippen molar-refractivity contribution in [2.75, 3.05) is 39.8 Å². The van der Waals surface area contributed by atoms with Gasteiger partial charge in [-0.05, 0) is 43.6 Å². The first-order valence-electron chi connectivity index (χ1n) is 11.4. The van der Waals surface area contributed by atoms with Gasteiger partial charge in [0, 0.05) is 39.1 Å². The van der Waals surface area contributed by atoms with Gasteiger partial charge in [0.2, 0.25) is 5.91 Å². The molecule has 0 aliphatic carbocycles. The zero-order valence-electron chi connectivity index (χ0n) is 18.7. The molecule has 0 saturated carbocycles. The molecule has 1 amide bonds. The van der Waals surface area contributed by atoms with Gasteiger partial charge in [-0.15, -0.1) is 24.0 Å². The molecule has 0 unspecified atom stereocenters. The number of aromatic nitrogens is 3. The predicted octanol–water partition coefficient (Wildman–Crippen LogP) is 2.66.